The van der Waals surface area contributed by atoms with Gasteiger partial charge in [-0.3, -0.25) is 9.78 Å². The number of halogens is 1. The number of carbonyl (C=O) groups excluding carboxylic acids is 1. The fourth-order valence-corrected chi connectivity index (χ4v) is 3.16. The maximum Gasteiger partial charge on any atom is 0.286 e. The molecule has 4 aromatic rings. The number of primary amides is 1. The number of para-hydroxylation sites is 1. The summed E-state index contributed by atoms with van der Waals surface area (Å²) in [5.74, 6) is -0.227. The van der Waals surface area contributed by atoms with Crippen LogP contribution in [0.5, 0.6) is 0 Å². The molecule has 0 radical (unpaired) electrons. The molecule has 2 heterocycles. The van der Waals surface area contributed by atoms with Gasteiger partial charge in [-0.15, -0.1) is 0 Å². The standard InChI is InChI=1S/C21H16ClN5O/c22-17-11-15(8-7-14(17)10-13-4-3-9-24-12-13)25-20-16-5-1-2-6-18(16)26-21(27-20)19(23)28/h1-9,11-12H,10H2,(H2,23,28)(H,25,26,27). The second-order valence-electron chi connectivity index (χ2n) is 6.25. The van der Waals surface area contributed by atoms with Crippen molar-refractivity contribution in [3.05, 3.63) is 89.0 Å². The van der Waals surface area contributed by atoms with Gasteiger partial charge in [0.2, 0.25) is 5.82 Å². The van der Waals surface area contributed by atoms with Crippen molar-refractivity contribution in [3.63, 3.8) is 0 Å². The van der Waals surface area contributed by atoms with Gasteiger partial charge < -0.3 is 11.1 Å². The van der Waals surface area contributed by atoms with E-state index in [9.17, 15) is 4.79 Å². The largest absolute Gasteiger partial charge is 0.363 e. The normalized spacial score (nSPS) is 10.8. The third-order valence-corrected chi connectivity index (χ3v) is 4.61. The highest BCUT2D eigenvalue weighted by Crippen LogP contribution is 2.28. The van der Waals surface area contributed by atoms with E-state index in [4.69, 9.17) is 17.3 Å². The van der Waals surface area contributed by atoms with Crippen molar-refractivity contribution < 1.29 is 4.79 Å². The molecule has 138 valence electrons. The van der Waals surface area contributed by atoms with E-state index in [0.29, 0.717) is 22.8 Å². The predicted octanol–water partition coefficient (Wildman–Crippen LogP) is 4.11. The molecule has 2 aromatic carbocycles. The second kappa shape index (κ2) is 7.62. The monoisotopic (exact) mass is 389 g/mol. The average Bonchev–Trinajstić information content (AvgIpc) is 2.70. The predicted molar refractivity (Wildman–Crippen MR) is 110 cm³/mol. The number of rotatable bonds is 5. The van der Waals surface area contributed by atoms with Crippen LogP contribution in [0.15, 0.2) is 67.0 Å². The molecule has 7 heteroatoms. The number of amides is 1. The lowest BCUT2D eigenvalue weighted by atomic mass is 10.1. The van der Waals surface area contributed by atoms with Crippen LogP contribution in [0.25, 0.3) is 10.9 Å². The molecule has 0 fully saturated rings. The summed E-state index contributed by atoms with van der Waals surface area (Å²) >= 11 is 6.48. The summed E-state index contributed by atoms with van der Waals surface area (Å²) in [5, 5.41) is 4.63. The van der Waals surface area contributed by atoms with Gasteiger partial charge in [0, 0.05) is 34.9 Å². The molecule has 1 amide bonds. The van der Waals surface area contributed by atoms with E-state index >= 15 is 0 Å². The molecule has 6 nitrogen and oxygen atoms in total. The number of nitrogens with two attached hydrogens (primary N) is 1. The smallest absolute Gasteiger partial charge is 0.286 e. The molecule has 0 saturated carbocycles. The first-order valence-electron chi connectivity index (χ1n) is 8.61. The number of pyridine rings is 1. The Morgan fingerprint density at radius 2 is 1.93 bits per heavy atom. The van der Waals surface area contributed by atoms with Crippen LogP contribution in [0.4, 0.5) is 11.5 Å². The molecule has 0 bridgehead atoms. The summed E-state index contributed by atoms with van der Waals surface area (Å²) < 4.78 is 0. The molecule has 28 heavy (non-hydrogen) atoms. The van der Waals surface area contributed by atoms with Gasteiger partial charge in [-0.25, -0.2) is 9.97 Å². The van der Waals surface area contributed by atoms with Crippen LogP contribution in [0.2, 0.25) is 5.02 Å². The number of fused-ring (bicyclic) bond motifs is 1. The van der Waals surface area contributed by atoms with E-state index in [2.05, 4.69) is 20.3 Å². The zero-order valence-electron chi connectivity index (χ0n) is 14.8. The highest BCUT2D eigenvalue weighted by Gasteiger charge is 2.12. The fourth-order valence-electron chi connectivity index (χ4n) is 2.91. The lowest BCUT2D eigenvalue weighted by molar-refractivity contribution is 0.0991. The number of nitrogens with one attached hydrogen (secondary N) is 1. The number of hydrogen-bond acceptors (Lipinski definition) is 5. The molecule has 4 rings (SSSR count). The second-order valence-corrected chi connectivity index (χ2v) is 6.65. The Morgan fingerprint density at radius 3 is 2.68 bits per heavy atom. The lowest BCUT2D eigenvalue weighted by Gasteiger charge is -2.12. The minimum atomic E-state index is -0.682. The number of benzene rings is 2. The molecule has 0 spiro atoms. The Morgan fingerprint density at radius 1 is 1.07 bits per heavy atom. The minimum Gasteiger partial charge on any atom is -0.363 e. The number of aromatic nitrogens is 3. The van der Waals surface area contributed by atoms with Gasteiger partial charge in [0.05, 0.1) is 5.52 Å². The highest BCUT2D eigenvalue weighted by atomic mass is 35.5. The summed E-state index contributed by atoms with van der Waals surface area (Å²) in [6.07, 6.45) is 4.25. The zero-order valence-corrected chi connectivity index (χ0v) is 15.5. The van der Waals surface area contributed by atoms with Crippen molar-refractivity contribution >= 4 is 39.9 Å². The van der Waals surface area contributed by atoms with Gasteiger partial charge in [0.1, 0.15) is 5.82 Å². The summed E-state index contributed by atoms with van der Waals surface area (Å²) in [5.41, 5.74) is 8.82. The van der Waals surface area contributed by atoms with Crippen molar-refractivity contribution in [1.82, 2.24) is 15.0 Å². The Balaban J connectivity index is 1.66. The van der Waals surface area contributed by atoms with Crippen molar-refractivity contribution in [3.8, 4) is 0 Å². The van der Waals surface area contributed by atoms with Crippen LogP contribution < -0.4 is 11.1 Å². The first kappa shape index (κ1) is 17.9. The van der Waals surface area contributed by atoms with Crippen LogP contribution >= 0.6 is 11.6 Å². The molecule has 0 atom stereocenters. The summed E-state index contributed by atoms with van der Waals surface area (Å²) in [7, 11) is 0. The highest BCUT2D eigenvalue weighted by molar-refractivity contribution is 6.31. The molecule has 0 aliphatic rings. The van der Waals surface area contributed by atoms with Gasteiger partial charge in [0.15, 0.2) is 0 Å². The van der Waals surface area contributed by atoms with E-state index in [0.717, 1.165) is 22.2 Å². The molecular weight excluding hydrogens is 374 g/mol. The van der Waals surface area contributed by atoms with Crippen LogP contribution in [-0.2, 0) is 6.42 Å². The van der Waals surface area contributed by atoms with Crippen molar-refractivity contribution in [2.75, 3.05) is 5.32 Å². The Kier molecular flexibility index (Phi) is 4.87. The molecule has 0 saturated heterocycles. The number of anilines is 2. The number of carbonyl (C=O) groups is 1. The third kappa shape index (κ3) is 3.77. The van der Waals surface area contributed by atoms with E-state index < -0.39 is 5.91 Å². The molecule has 2 aromatic heterocycles. The van der Waals surface area contributed by atoms with Crippen molar-refractivity contribution in [2.24, 2.45) is 5.73 Å². The zero-order chi connectivity index (χ0) is 19.5. The first-order chi connectivity index (χ1) is 13.6. The maximum atomic E-state index is 11.6. The summed E-state index contributed by atoms with van der Waals surface area (Å²) in [4.78, 5) is 24.2. The van der Waals surface area contributed by atoms with Gasteiger partial charge in [-0.2, -0.15) is 0 Å². The molecule has 0 unspecified atom stereocenters. The molecule has 3 N–H and O–H groups in total. The van der Waals surface area contributed by atoms with Gasteiger partial charge in [0.25, 0.3) is 5.91 Å². The lowest BCUT2D eigenvalue weighted by Crippen LogP contribution is -2.16. The van der Waals surface area contributed by atoms with E-state index in [1.165, 1.54) is 0 Å². The maximum absolute atomic E-state index is 11.6. The molecular formula is C21H16ClN5O. The summed E-state index contributed by atoms with van der Waals surface area (Å²) in [6.45, 7) is 0. The van der Waals surface area contributed by atoms with Gasteiger partial charge in [-0.05, 0) is 41.5 Å². The van der Waals surface area contributed by atoms with Gasteiger partial charge in [-0.1, -0.05) is 35.9 Å². The van der Waals surface area contributed by atoms with Gasteiger partial charge >= 0.3 is 0 Å². The Labute approximate surface area is 166 Å². The fraction of sp³-hybridized carbons (Fsp3) is 0.0476. The first-order valence-corrected chi connectivity index (χ1v) is 8.99. The Bertz CT molecular complexity index is 1160. The van der Waals surface area contributed by atoms with E-state index in [-0.39, 0.29) is 5.82 Å². The van der Waals surface area contributed by atoms with Crippen LogP contribution in [0, 0.1) is 0 Å². The topological polar surface area (TPSA) is 93.8 Å². The SMILES string of the molecule is NC(=O)c1nc(Nc2ccc(Cc3cccnc3)c(Cl)c2)c2ccccc2n1. The minimum absolute atomic E-state index is 0.0412. The Hall–Kier alpha value is -3.51. The van der Waals surface area contributed by atoms with Crippen LogP contribution in [0.1, 0.15) is 21.7 Å². The third-order valence-electron chi connectivity index (χ3n) is 4.26. The molecule has 0 aliphatic heterocycles. The van der Waals surface area contributed by atoms with Crippen molar-refractivity contribution in [2.45, 2.75) is 6.42 Å². The van der Waals surface area contributed by atoms with E-state index in [1.54, 1.807) is 12.3 Å². The number of nitrogens with zero attached hydrogens (tertiary/aromatic N) is 3. The van der Waals surface area contributed by atoms with E-state index in [1.807, 2.05) is 54.7 Å². The quantitative estimate of drug-likeness (QED) is 0.535. The average molecular weight is 390 g/mol. The number of hydrogen-bond donors (Lipinski definition) is 2. The van der Waals surface area contributed by atoms with Crippen molar-refractivity contribution in [1.29, 1.82) is 0 Å². The summed E-state index contributed by atoms with van der Waals surface area (Å²) in [6, 6.07) is 17.0. The van der Waals surface area contributed by atoms with Crippen LogP contribution in [0.3, 0.4) is 0 Å². The molecule has 0 aliphatic carbocycles. The van der Waals surface area contributed by atoms with Crippen LogP contribution in [-0.4, -0.2) is 20.9 Å².